The SMILES string of the molecule is C=CCC(N)c1ccc(OC)c(I)c1. The monoisotopic (exact) mass is 303 g/mol. The molecule has 0 saturated heterocycles. The quantitative estimate of drug-likeness (QED) is 0.686. The minimum Gasteiger partial charge on any atom is -0.496 e. The maximum absolute atomic E-state index is 5.95. The highest BCUT2D eigenvalue weighted by Gasteiger charge is 2.06. The first kappa shape index (κ1) is 11.5. The Morgan fingerprint density at radius 2 is 2.36 bits per heavy atom. The Balaban J connectivity index is 2.90. The smallest absolute Gasteiger partial charge is 0.132 e. The van der Waals surface area contributed by atoms with Crippen LogP contribution in [0.3, 0.4) is 0 Å². The number of rotatable bonds is 4. The van der Waals surface area contributed by atoms with Crippen LogP contribution in [0.5, 0.6) is 5.75 Å². The molecule has 0 aliphatic heterocycles. The minimum atomic E-state index is 0.0342. The molecule has 3 heteroatoms. The summed E-state index contributed by atoms with van der Waals surface area (Å²) in [6.07, 6.45) is 2.63. The van der Waals surface area contributed by atoms with Gasteiger partial charge in [0.15, 0.2) is 0 Å². The van der Waals surface area contributed by atoms with Crippen molar-refractivity contribution in [1.29, 1.82) is 0 Å². The van der Waals surface area contributed by atoms with Crippen LogP contribution in [0, 0.1) is 3.57 Å². The van der Waals surface area contributed by atoms with E-state index in [9.17, 15) is 0 Å². The van der Waals surface area contributed by atoms with Gasteiger partial charge in [0.1, 0.15) is 5.75 Å². The zero-order chi connectivity index (χ0) is 10.6. The fourth-order valence-corrected chi connectivity index (χ4v) is 1.99. The van der Waals surface area contributed by atoms with Crippen LogP contribution in [0.1, 0.15) is 18.0 Å². The molecule has 2 N–H and O–H groups in total. The van der Waals surface area contributed by atoms with Gasteiger partial charge in [-0.1, -0.05) is 12.1 Å². The Labute approximate surface area is 98.3 Å². The largest absolute Gasteiger partial charge is 0.496 e. The second-order valence-electron chi connectivity index (χ2n) is 3.02. The van der Waals surface area contributed by atoms with Crippen molar-refractivity contribution in [3.8, 4) is 5.75 Å². The number of methoxy groups -OCH3 is 1. The molecule has 1 unspecified atom stereocenters. The van der Waals surface area contributed by atoms with Crippen LogP contribution in [-0.4, -0.2) is 7.11 Å². The molecule has 0 fully saturated rings. The summed E-state index contributed by atoms with van der Waals surface area (Å²) in [6, 6.07) is 6.02. The van der Waals surface area contributed by atoms with Crippen molar-refractivity contribution < 1.29 is 4.74 Å². The predicted octanol–water partition coefficient (Wildman–Crippen LogP) is 2.88. The third-order valence-corrected chi connectivity index (χ3v) is 2.87. The summed E-state index contributed by atoms with van der Waals surface area (Å²) in [6.45, 7) is 3.68. The second-order valence-corrected chi connectivity index (χ2v) is 4.19. The van der Waals surface area contributed by atoms with Crippen molar-refractivity contribution >= 4 is 22.6 Å². The van der Waals surface area contributed by atoms with Crippen molar-refractivity contribution in [2.24, 2.45) is 5.73 Å². The molecule has 0 amide bonds. The lowest BCUT2D eigenvalue weighted by Gasteiger charge is -2.11. The van der Waals surface area contributed by atoms with Crippen LogP contribution in [0.15, 0.2) is 30.9 Å². The molecule has 2 nitrogen and oxygen atoms in total. The van der Waals surface area contributed by atoms with Gasteiger partial charge in [0.2, 0.25) is 0 Å². The molecule has 1 rings (SSSR count). The Kier molecular flexibility index (Phi) is 4.41. The van der Waals surface area contributed by atoms with Crippen LogP contribution < -0.4 is 10.5 Å². The van der Waals surface area contributed by atoms with Gasteiger partial charge in [-0.15, -0.1) is 6.58 Å². The highest BCUT2D eigenvalue weighted by Crippen LogP contribution is 2.25. The standard InChI is InChI=1S/C11H14INO/c1-3-4-10(13)8-5-6-11(14-2)9(12)7-8/h3,5-7,10H,1,4,13H2,2H3. The second kappa shape index (κ2) is 5.36. The summed E-state index contributed by atoms with van der Waals surface area (Å²) in [4.78, 5) is 0. The zero-order valence-electron chi connectivity index (χ0n) is 8.16. The Morgan fingerprint density at radius 3 is 2.86 bits per heavy atom. The lowest BCUT2D eigenvalue weighted by Crippen LogP contribution is -2.09. The summed E-state index contributed by atoms with van der Waals surface area (Å²) in [5.74, 6) is 0.889. The molecule has 1 aromatic carbocycles. The van der Waals surface area contributed by atoms with Gasteiger partial charge in [-0.2, -0.15) is 0 Å². The fraction of sp³-hybridized carbons (Fsp3) is 0.273. The fourth-order valence-electron chi connectivity index (χ4n) is 1.23. The van der Waals surface area contributed by atoms with Crippen molar-refractivity contribution in [2.45, 2.75) is 12.5 Å². The molecule has 0 saturated carbocycles. The summed E-state index contributed by atoms with van der Waals surface area (Å²) < 4.78 is 6.26. The molecule has 0 spiro atoms. The maximum atomic E-state index is 5.95. The highest BCUT2D eigenvalue weighted by molar-refractivity contribution is 14.1. The molecule has 1 atom stereocenters. The van der Waals surface area contributed by atoms with E-state index >= 15 is 0 Å². The van der Waals surface area contributed by atoms with Crippen molar-refractivity contribution in [3.05, 3.63) is 40.0 Å². The van der Waals surface area contributed by atoms with Gasteiger partial charge in [0.25, 0.3) is 0 Å². The number of hydrogen-bond donors (Lipinski definition) is 1. The van der Waals surface area contributed by atoms with Crippen molar-refractivity contribution in [1.82, 2.24) is 0 Å². The molecule has 0 heterocycles. The average Bonchev–Trinajstić information content (AvgIpc) is 2.18. The molecule has 0 aromatic heterocycles. The molecule has 14 heavy (non-hydrogen) atoms. The number of nitrogens with two attached hydrogens (primary N) is 1. The van der Waals surface area contributed by atoms with Gasteiger partial charge in [-0.05, 0) is 46.7 Å². The molecule has 76 valence electrons. The first-order valence-electron chi connectivity index (χ1n) is 4.39. The summed E-state index contributed by atoms with van der Waals surface area (Å²) in [5, 5.41) is 0. The number of benzene rings is 1. The summed E-state index contributed by atoms with van der Waals surface area (Å²) >= 11 is 2.24. The maximum Gasteiger partial charge on any atom is 0.132 e. The first-order valence-corrected chi connectivity index (χ1v) is 5.46. The lowest BCUT2D eigenvalue weighted by atomic mass is 10.0. The van der Waals surface area contributed by atoms with Gasteiger partial charge in [0.05, 0.1) is 10.7 Å². The third-order valence-electron chi connectivity index (χ3n) is 2.02. The molecule has 0 radical (unpaired) electrons. The number of hydrogen-bond acceptors (Lipinski definition) is 2. The van der Waals surface area contributed by atoms with E-state index in [2.05, 4.69) is 29.2 Å². The van der Waals surface area contributed by atoms with E-state index < -0.39 is 0 Å². The number of halogens is 1. The molecule has 0 aliphatic carbocycles. The van der Waals surface area contributed by atoms with Crippen LogP contribution >= 0.6 is 22.6 Å². The molecule has 0 bridgehead atoms. The molecular weight excluding hydrogens is 289 g/mol. The van der Waals surface area contributed by atoms with Crippen molar-refractivity contribution in [2.75, 3.05) is 7.11 Å². The topological polar surface area (TPSA) is 35.2 Å². The van der Waals surface area contributed by atoms with Crippen LogP contribution in [0.4, 0.5) is 0 Å². The Hall–Kier alpha value is -0.550. The van der Waals surface area contributed by atoms with Crippen LogP contribution in [0.2, 0.25) is 0 Å². The molecule has 0 aliphatic rings. The van der Waals surface area contributed by atoms with E-state index in [1.807, 2.05) is 24.3 Å². The lowest BCUT2D eigenvalue weighted by molar-refractivity contribution is 0.411. The molecular formula is C11H14INO. The van der Waals surface area contributed by atoms with Crippen LogP contribution in [-0.2, 0) is 0 Å². The summed E-state index contributed by atoms with van der Waals surface area (Å²) in [7, 11) is 1.67. The van der Waals surface area contributed by atoms with Gasteiger partial charge in [0, 0.05) is 6.04 Å². The summed E-state index contributed by atoms with van der Waals surface area (Å²) in [5.41, 5.74) is 7.07. The first-order chi connectivity index (χ1) is 6.69. The van der Waals surface area contributed by atoms with E-state index in [1.54, 1.807) is 7.11 Å². The van der Waals surface area contributed by atoms with E-state index in [0.29, 0.717) is 0 Å². The van der Waals surface area contributed by atoms with E-state index in [4.69, 9.17) is 10.5 Å². The van der Waals surface area contributed by atoms with Crippen LogP contribution in [0.25, 0.3) is 0 Å². The molecule has 1 aromatic rings. The zero-order valence-corrected chi connectivity index (χ0v) is 10.3. The van der Waals surface area contributed by atoms with Gasteiger partial charge in [-0.3, -0.25) is 0 Å². The highest BCUT2D eigenvalue weighted by atomic mass is 127. The van der Waals surface area contributed by atoms with Gasteiger partial charge in [-0.25, -0.2) is 0 Å². The third kappa shape index (κ3) is 2.72. The van der Waals surface area contributed by atoms with E-state index in [0.717, 1.165) is 21.3 Å². The predicted molar refractivity (Wildman–Crippen MR) is 67.5 cm³/mol. The minimum absolute atomic E-state index is 0.0342. The van der Waals surface area contributed by atoms with E-state index in [-0.39, 0.29) is 6.04 Å². The Morgan fingerprint density at radius 1 is 1.64 bits per heavy atom. The number of ether oxygens (including phenoxy) is 1. The van der Waals surface area contributed by atoms with Gasteiger partial charge < -0.3 is 10.5 Å². The van der Waals surface area contributed by atoms with Crippen molar-refractivity contribution in [3.63, 3.8) is 0 Å². The average molecular weight is 303 g/mol. The Bertz CT molecular complexity index is 325. The van der Waals surface area contributed by atoms with Gasteiger partial charge >= 0.3 is 0 Å². The normalized spacial score (nSPS) is 12.2. The van der Waals surface area contributed by atoms with E-state index in [1.165, 1.54) is 0 Å².